The molecule has 78 valence electrons. The number of likely N-dealkylation sites (tertiary alicyclic amines) is 1. The van der Waals surface area contributed by atoms with Gasteiger partial charge in [0.15, 0.2) is 0 Å². The van der Waals surface area contributed by atoms with E-state index in [1.165, 1.54) is 7.11 Å². The Kier molecular flexibility index (Phi) is 1.88. The second-order valence-electron chi connectivity index (χ2n) is 4.77. The third kappa shape index (κ3) is 0.954. The van der Waals surface area contributed by atoms with Crippen molar-refractivity contribution >= 4 is 6.09 Å². The largest absolute Gasteiger partial charge is 0.453 e. The predicted octanol–water partition coefficient (Wildman–Crippen LogP) is 2.18. The molecule has 0 unspecified atom stereocenters. The summed E-state index contributed by atoms with van der Waals surface area (Å²) in [5, 5.41) is 0. The van der Waals surface area contributed by atoms with Crippen molar-refractivity contribution in [3.63, 3.8) is 0 Å². The van der Waals surface area contributed by atoms with E-state index in [9.17, 15) is 4.79 Å². The Bertz CT molecular complexity index is 300. The van der Waals surface area contributed by atoms with Gasteiger partial charge in [-0.1, -0.05) is 19.1 Å². The van der Waals surface area contributed by atoms with Crippen LogP contribution in [0.3, 0.4) is 0 Å². The topological polar surface area (TPSA) is 29.5 Å². The van der Waals surface area contributed by atoms with Crippen molar-refractivity contribution < 1.29 is 9.53 Å². The quantitative estimate of drug-likeness (QED) is 0.554. The lowest BCUT2D eigenvalue weighted by Gasteiger charge is -2.64. The molecule has 3 heteroatoms. The van der Waals surface area contributed by atoms with Crippen LogP contribution in [0.1, 0.15) is 26.7 Å². The van der Waals surface area contributed by atoms with Crippen LogP contribution in [-0.2, 0) is 4.74 Å². The van der Waals surface area contributed by atoms with Crippen molar-refractivity contribution in [1.82, 2.24) is 4.90 Å². The zero-order valence-electron chi connectivity index (χ0n) is 9.04. The molecule has 2 rings (SSSR count). The van der Waals surface area contributed by atoms with Crippen LogP contribution in [0.5, 0.6) is 0 Å². The highest BCUT2D eigenvalue weighted by Crippen LogP contribution is 2.53. The summed E-state index contributed by atoms with van der Waals surface area (Å²) in [6.07, 6.45) is 6.20. The molecule has 1 amide bonds. The van der Waals surface area contributed by atoms with Gasteiger partial charge in [-0.25, -0.2) is 4.79 Å². The van der Waals surface area contributed by atoms with E-state index in [0.29, 0.717) is 0 Å². The van der Waals surface area contributed by atoms with E-state index in [2.05, 4.69) is 26.0 Å². The van der Waals surface area contributed by atoms with Crippen molar-refractivity contribution in [2.45, 2.75) is 32.2 Å². The Balaban J connectivity index is 2.22. The molecular weight excluding hydrogens is 178 g/mol. The number of hydrogen-bond acceptors (Lipinski definition) is 2. The van der Waals surface area contributed by atoms with Gasteiger partial charge in [-0.3, -0.25) is 0 Å². The highest BCUT2D eigenvalue weighted by molar-refractivity contribution is 5.70. The number of fused-ring (bicyclic) bond motifs is 1. The minimum atomic E-state index is -0.194. The maximum atomic E-state index is 11.5. The maximum absolute atomic E-state index is 11.5. The third-order valence-corrected chi connectivity index (χ3v) is 4.05. The van der Waals surface area contributed by atoms with Crippen LogP contribution in [0.4, 0.5) is 4.79 Å². The van der Waals surface area contributed by atoms with Gasteiger partial charge in [0.25, 0.3) is 0 Å². The van der Waals surface area contributed by atoms with Crippen LogP contribution in [0.25, 0.3) is 0 Å². The molecule has 1 saturated heterocycles. The van der Waals surface area contributed by atoms with Gasteiger partial charge in [0.05, 0.1) is 12.6 Å². The lowest BCUT2D eigenvalue weighted by molar-refractivity contribution is -0.120. The molecule has 0 bridgehead atoms. The molecule has 0 aromatic carbocycles. The van der Waals surface area contributed by atoms with Gasteiger partial charge in [0.1, 0.15) is 0 Å². The second-order valence-corrected chi connectivity index (χ2v) is 4.77. The fourth-order valence-electron chi connectivity index (χ4n) is 2.60. The number of hydrogen-bond donors (Lipinski definition) is 0. The summed E-state index contributed by atoms with van der Waals surface area (Å²) in [7, 11) is 1.44. The summed E-state index contributed by atoms with van der Waals surface area (Å²) in [6, 6.07) is 0. The van der Waals surface area contributed by atoms with Crippen LogP contribution in [0, 0.1) is 5.41 Å². The van der Waals surface area contributed by atoms with E-state index in [-0.39, 0.29) is 17.0 Å². The summed E-state index contributed by atoms with van der Waals surface area (Å²) in [5.74, 6) is 0. The number of ether oxygens (including phenoxy) is 1. The average molecular weight is 195 g/mol. The zero-order valence-corrected chi connectivity index (χ0v) is 9.04. The smallest absolute Gasteiger partial charge is 0.409 e. The van der Waals surface area contributed by atoms with Crippen molar-refractivity contribution in [1.29, 1.82) is 0 Å². The first-order valence-electron chi connectivity index (χ1n) is 5.04. The molecule has 2 aliphatic rings. The lowest BCUT2D eigenvalue weighted by atomic mass is 9.58. The first-order chi connectivity index (χ1) is 6.53. The van der Waals surface area contributed by atoms with E-state index in [0.717, 1.165) is 19.4 Å². The van der Waals surface area contributed by atoms with Crippen molar-refractivity contribution in [2.75, 3.05) is 13.7 Å². The lowest BCUT2D eigenvalue weighted by Crippen LogP contribution is -2.73. The molecule has 2 atom stereocenters. The summed E-state index contributed by atoms with van der Waals surface area (Å²) in [6.45, 7) is 5.22. The zero-order chi connectivity index (χ0) is 10.4. The number of nitrogens with zero attached hydrogens (tertiary/aromatic N) is 1. The number of allylic oxidation sites excluding steroid dienone is 1. The van der Waals surface area contributed by atoms with Crippen LogP contribution >= 0.6 is 0 Å². The van der Waals surface area contributed by atoms with E-state index in [1.807, 2.05) is 4.90 Å². The van der Waals surface area contributed by atoms with Gasteiger partial charge in [-0.2, -0.15) is 0 Å². The molecule has 0 aromatic heterocycles. The molecule has 1 aliphatic carbocycles. The van der Waals surface area contributed by atoms with Crippen LogP contribution < -0.4 is 0 Å². The monoisotopic (exact) mass is 195 g/mol. The van der Waals surface area contributed by atoms with Crippen molar-refractivity contribution in [3.8, 4) is 0 Å². The minimum absolute atomic E-state index is 0.0329. The molecule has 1 fully saturated rings. The first kappa shape index (κ1) is 9.56. The second kappa shape index (κ2) is 2.75. The van der Waals surface area contributed by atoms with Crippen LogP contribution in [0.2, 0.25) is 0 Å². The Labute approximate surface area is 84.7 Å². The average Bonchev–Trinajstić information content (AvgIpc) is 2.17. The molecule has 0 spiro atoms. The third-order valence-electron chi connectivity index (χ3n) is 4.05. The molecule has 0 radical (unpaired) electrons. The molecule has 0 saturated carbocycles. The molecular formula is C11H17NO2. The SMILES string of the molecule is COC(=O)N1C[C@]2(C)CC=CC[C@]12C. The Morgan fingerprint density at radius 2 is 2.00 bits per heavy atom. The number of methoxy groups -OCH3 is 1. The summed E-state index contributed by atoms with van der Waals surface area (Å²) in [5.41, 5.74) is 0.213. The fourth-order valence-corrected chi connectivity index (χ4v) is 2.60. The van der Waals surface area contributed by atoms with Crippen LogP contribution in [0.15, 0.2) is 12.2 Å². The molecule has 3 nitrogen and oxygen atoms in total. The van der Waals surface area contributed by atoms with Gasteiger partial charge in [-0.05, 0) is 19.8 Å². The number of carbonyl (C=O) groups excluding carboxylic acids is 1. The van der Waals surface area contributed by atoms with E-state index >= 15 is 0 Å². The minimum Gasteiger partial charge on any atom is -0.453 e. The predicted molar refractivity (Wildman–Crippen MR) is 54.0 cm³/mol. The summed E-state index contributed by atoms with van der Waals surface area (Å²) < 4.78 is 4.78. The molecule has 0 N–H and O–H groups in total. The first-order valence-corrected chi connectivity index (χ1v) is 5.04. The standard InChI is InChI=1S/C11H17NO2/c1-10-6-4-5-7-11(10,2)12(8-10)9(13)14-3/h4-5H,6-8H2,1-3H3/t10-,11-/m0/s1. The number of carbonyl (C=O) groups is 1. The van der Waals surface area contributed by atoms with E-state index < -0.39 is 0 Å². The summed E-state index contributed by atoms with van der Waals surface area (Å²) in [4.78, 5) is 13.3. The van der Waals surface area contributed by atoms with Crippen molar-refractivity contribution in [3.05, 3.63) is 12.2 Å². The van der Waals surface area contributed by atoms with Crippen LogP contribution in [-0.4, -0.2) is 30.2 Å². The van der Waals surface area contributed by atoms with Crippen molar-refractivity contribution in [2.24, 2.45) is 5.41 Å². The molecule has 14 heavy (non-hydrogen) atoms. The normalized spacial score (nSPS) is 40.1. The Morgan fingerprint density at radius 1 is 1.36 bits per heavy atom. The van der Waals surface area contributed by atoms with E-state index in [1.54, 1.807) is 0 Å². The van der Waals surface area contributed by atoms with Gasteiger partial charge >= 0.3 is 6.09 Å². The van der Waals surface area contributed by atoms with E-state index in [4.69, 9.17) is 4.74 Å². The van der Waals surface area contributed by atoms with Gasteiger partial charge in [0, 0.05) is 12.0 Å². The van der Waals surface area contributed by atoms with Gasteiger partial charge in [-0.15, -0.1) is 0 Å². The molecule has 1 heterocycles. The van der Waals surface area contributed by atoms with Gasteiger partial charge in [0.2, 0.25) is 0 Å². The fraction of sp³-hybridized carbons (Fsp3) is 0.727. The Hall–Kier alpha value is -0.990. The number of amides is 1. The highest BCUT2D eigenvalue weighted by Gasteiger charge is 2.60. The highest BCUT2D eigenvalue weighted by atomic mass is 16.5. The maximum Gasteiger partial charge on any atom is 0.409 e. The Morgan fingerprint density at radius 3 is 2.57 bits per heavy atom. The number of rotatable bonds is 0. The van der Waals surface area contributed by atoms with Gasteiger partial charge < -0.3 is 9.64 Å². The molecule has 1 aliphatic heterocycles. The molecule has 0 aromatic rings. The summed E-state index contributed by atoms with van der Waals surface area (Å²) >= 11 is 0.